The summed E-state index contributed by atoms with van der Waals surface area (Å²) in [5.74, 6) is 2.77. The normalized spacial score (nSPS) is 19.1. The first-order valence-electron chi connectivity index (χ1n) is 10.9. The van der Waals surface area contributed by atoms with Crippen LogP contribution in [-0.2, 0) is 0 Å². The standard InChI is InChI=1S/C23H22N8O3/c1-34-17-2-3-18-19(10-17)31(28-22(18)27-20-11-24-6-7-25-20)14-4-5-26-21(9-14)29-12-16-8-15(29)13-30(16)23(32)33/h2-7,9-11,15-16H,8,12-13H2,1H3,(H,32,33)(H,25,27,28)/t15-,16-/m0/s1. The van der Waals surface area contributed by atoms with Crippen molar-refractivity contribution in [3.05, 3.63) is 55.1 Å². The summed E-state index contributed by atoms with van der Waals surface area (Å²) in [6, 6.07) is 9.82. The number of piperazine rings is 1. The zero-order valence-corrected chi connectivity index (χ0v) is 18.4. The number of carboxylic acid groups (broad SMARTS) is 1. The van der Waals surface area contributed by atoms with Crippen LogP contribution >= 0.6 is 0 Å². The maximum atomic E-state index is 11.4. The van der Waals surface area contributed by atoms with E-state index in [-0.39, 0.29) is 12.1 Å². The number of pyridine rings is 1. The fourth-order valence-electron chi connectivity index (χ4n) is 4.87. The number of aromatic nitrogens is 5. The Balaban J connectivity index is 1.38. The Morgan fingerprint density at radius 2 is 2.03 bits per heavy atom. The molecule has 4 aromatic rings. The lowest BCUT2D eigenvalue weighted by Crippen LogP contribution is -2.48. The number of amides is 1. The number of methoxy groups -OCH3 is 1. The van der Waals surface area contributed by atoms with E-state index in [1.165, 1.54) is 4.90 Å². The number of likely N-dealkylation sites (tertiary alicyclic amines) is 1. The molecule has 172 valence electrons. The average molecular weight is 458 g/mol. The molecule has 34 heavy (non-hydrogen) atoms. The van der Waals surface area contributed by atoms with Crippen LogP contribution in [0.2, 0.25) is 0 Å². The summed E-state index contributed by atoms with van der Waals surface area (Å²) in [6.07, 6.45) is 6.61. The fourth-order valence-corrected chi connectivity index (χ4v) is 4.87. The van der Waals surface area contributed by atoms with Crippen LogP contribution in [0.3, 0.4) is 0 Å². The van der Waals surface area contributed by atoms with Crippen LogP contribution in [0, 0.1) is 0 Å². The van der Waals surface area contributed by atoms with Crippen LogP contribution in [0.4, 0.5) is 22.2 Å². The Hall–Kier alpha value is -4.41. The van der Waals surface area contributed by atoms with Crippen molar-refractivity contribution in [1.29, 1.82) is 0 Å². The van der Waals surface area contributed by atoms with Crippen molar-refractivity contribution in [1.82, 2.24) is 29.6 Å². The largest absolute Gasteiger partial charge is 0.497 e. The lowest BCUT2D eigenvalue weighted by molar-refractivity contribution is 0.137. The molecule has 0 radical (unpaired) electrons. The van der Waals surface area contributed by atoms with Crippen molar-refractivity contribution in [3.8, 4) is 11.4 Å². The Bertz CT molecular complexity index is 1380. The molecule has 2 fully saturated rings. The summed E-state index contributed by atoms with van der Waals surface area (Å²) in [6.45, 7) is 1.14. The van der Waals surface area contributed by atoms with Crippen LogP contribution in [0.5, 0.6) is 5.75 Å². The van der Waals surface area contributed by atoms with E-state index in [2.05, 4.69) is 25.2 Å². The number of hydrogen-bond donors (Lipinski definition) is 2. The Morgan fingerprint density at radius 1 is 1.12 bits per heavy atom. The number of rotatable bonds is 5. The first kappa shape index (κ1) is 20.2. The lowest BCUT2D eigenvalue weighted by Gasteiger charge is -2.33. The predicted octanol–water partition coefficient (Wildman–Crippen LogP) is 2.90. The third kappa shape index (κ3) is 3.33. The topological polar surface area (TPSA) is 122 Å². The molecule has 2 bridgehead atoms. The van der Waals surface area contributed by atoms with E-state index >= 15 is 0 Å². The molecule has 11 nitrogen and oxygen atoms in total. The molecule has 11 heteroatoms. The van der Waals surface area contributed by atoms with Gasteiger partial charge in [-0.3, -0.25) is 4.98 Å². The van der Waals surface area contributed by atoms with Crippen LogP contribution in [0.15, 0.2) is 55.1 Å². The van der Waals surface area contributed by atoms with E-state index in [1.807, 2.05) is 35.0 Å². The molecule has 5 heterocycles. The minimum atomic E-state index is -0.853. The minimum absolute atomic E-state index is 0.00513. The van der Waals surface area contributed by atoms with E-state index in [1.54, 1.807) is 31.9 Å². The highest BCUT2D eigenvalue weighted by Gasteiger charge is 2.45. The molecule has 0 spiro atoms. The van der Waals surface area contributed by atoms with Crippen LogP contribution < -0.4 is 15.0 Å². The van der Waals surface area contributed by atoms with E-state index in [0.717, 1.165) is 34.6 Å². The average Bonchev–Trinajstić information content (AvgIpc) is 3.58. The van der Waals surface area contributed by atoms with Gasteiger partial charge in [0.25, 0.3) is 0 Å². The van der Waals surface area contributed by atoms with Gasteiger partial charge in [-0.25, -0.2) is 19.4 Å². The lowest BCUT2D eigenvalue weighted by atomic mass is 10.2. The van der Waals surface area contributed by atoms with Gasteiger partial charge >= 0.3 is 6.09 Å². The van der Waals surface area contributed by atoms with Crippen LogP contribution in [-0.4, -0.2) is 73.1 Å². The monoisotopic (exact) mass is 458 g/mol. The van der Waals surface area contributed by atoms with Gasteiger partial charge in [-0.05, 0) is 24.6 Å². The van der Waals surface area contributed by atoms with Crippen molar-refractivity contribution >= 4 is 34.4 Å². The molecule has 6 rings (SSSR count). The third-order valence-corrected chi connectivity index (χ3v) is 6.45. The molecule has 2 atom stereocenters. The van der Waals surface area contributed by atoms with E-state index in [0.29, 0.717) is 24.7 Å². The molecule has 1 amide bonds. The van der Waals surface area contributed by atoms with Crippen molar-refractivity contribution in [2.75, 3.05) is 30.4 Å². The van der Waals surface area contributed by atoms with Crippen molar-refractivity contribution in [2.24, 2.45) is 0 Å². The van der Waals surface area contributed by atoms with Crippen LogP contribution in [0.1, 0.15) is 6.42 Å². The summed E-state index contributed by atoms with van der Waals surface area (Å²) in [5, 5.41) is 18.4. The molecule has 2 aliphatic rings. The molecule has 2 N–H and O–H groups in total. The zero-order chi connectivity index (χ0) is 23.2. The minimum Gasteiger partial charge on any atom is -0.497 e. The van der Waals surface area contributed by atoms with Crippen molar-refractivity contribution < 1.29 is 14.6 Å². The SMILES string of the molecule is COc1ccc2c(Nc3cnccn3)nn(-c3ccnc(N4C[C@@H]5C[C@H]4CN5C(=O)O)c3)c2c1. The second-order valence-corrected chi connectivity index (χ2v) is 8.36. The highest BCUT2D eigenvalue weighted by molar-refractivity contribution is 5.93. The Labute approximate surface area is 194 Å². The summed E-state index contributed by atoms with van der Waals surface area (Å²) in [7, 11) is 1.63. The quantitative estimate of drug-likeness (QED) is 0.465. The van der Waals surface area contributed by atoms with Gasteiger partial charge in [-0.2, -0.15) is 0 Å². The fraction of sp³-hybridized carbons (Fsp3) is 0.261. The maximum Gasteiger partial charge on any atom is 0.407 e. The number of hydrogen-bond acceptors (Lipinski definition) is 8. The first-order valence-corrected chi connectivity index (χ1v) is 10.9. The second kappa shape index (κ2) is 7.87. The van der Waals surface area contributed by atoms with Gasteiger partial charge < -0.3 is 25.0 Å². The highest BCUT2D eigenvalue weighted by Crippen LogP contribution is 2.35. The molecule has 0 aliphatic carbocycles. The molecule has 2 saturated heterocycles. The highest BCUT2D eigenvalue weighted by atomic mass is 16.5. The summed E-state index contributed by atoms with van der Waals surface area (Å²) < 4.78 is 7.30. The Kier molecular flexibility index (Phi) is 4.68. The Morgan fingerprint density at radius 3 is 2.76 bits per heavy atom. The van der Waals surface area contributed by atoms with Gasteiger partial charge in [-0.15, -0.1) is 5.10 Å². The molecular formula is C23H22N8O3. The van der Waals surface area contributed by atoms with Crippen molar-refractivity contribution in [2.45, 2.75) is 18.5 Å². The molecule has 0 saturated carbocycles. The van der Waals surface area contributed by atoms with Gasteiger partial charge in [0.1, 0.15) is 17.4 Å². The van der Waals surface area contributed by atoms with E-state index in [9.17, 15) is 9.90 Å². The molecule has 2 aliphatic heterocycles. The van der Waals surface area contributed by atoms with Gasteiger partial charge in [-0.1, -0.05) is 0 Å². The number of anilines is 3. The molecule has 0 unspecified atom stereocenters. The van der Waals surface area contributed by atoms with E-state index in [4.69, 9.17) is 9.84 Å². The van der Waals surface area contributed by atoms with Crippen LogP contribution in [0.25, 0.3) is 16.6 Å². The molecule has 3 aromatic heterocycles. The number of carbonyl (C=O) groups is 1. The summed E-state index contributed by atoms with van der Waals surface area (Å²) in [4.78, 5) is 28.2. The number of ether oxygens (including phenoxy) is 1. The smallest absolute Gasteiger partial charge is 0.407 e. The van der Waals surface area contributed by atoms with Gasteiger partial charge in [0.15, 0.2) is 5.82 Å². The van der Waals surface area contributed by atoms with Gasteiger partial charge in [0.05, 0.1) is 36.6 Å². The number of nitrogens with zero attached hydrogens (tertiary/aromatic N) is 7. The van der Waals surface area contributed by atoms with Crippen molar-refractivity contribution in [3.63, 3.8) is 0 Å². The number of benzene rings is 1. The third-order valence-electron chi connectivity index (χ3n) is 6.45. The van der Waals surface area contributed by atoms with Gasteiger partial charge in [0.2, 0.25) is 0 Å². The summed E-state index contributed by atoms with van der Waals surface area (Å²) >= 11 is 0. The van der Waals surface area contributed by atoms with Gasteiger partial charge in [0, 0.05) is 49.2 Å². The number of fused-ring (bicyclic) bond motifs is 3. The zero-order valence-electron chi connectivity index (χ0n) is 18.4. The maximum absolute atomic E-state index is 11.4. The van der Waals surface area contributed by atoms with E-state index < -0.39 is 6.09 Å². The second-order valence-electron chi connectivity index (χ2n) is 8.36. The molecular weight excluding hydrogens is 436 g/mol. The first-order chi connectivity index (χ1) is 16.6. The predicted molar refractivity (Wildman–Crippen MR) is 125 cm³/mol. The number of nitrogens with one attached hydrogen (secondary N) is 1. The molecule has 1 aromatic carbocycles. The summed E-state index contributed by atoms with van der Waals surface area (Å²) in [5.41, 5.74) is 1.70.